The largest absolute Gasteiger partial charge is 0.230 e. The molecule has 0 saturated carbocycles. The molecule has 0 radical (unpaired) electrons. The molecule has 0 aliphatic heterocycles. The fourth-order valence-corrected chi connectivity index (χ4v) is 8.81. The van der Waals surface area contributed by atoms with Gasteiger partial charge in [-0.05, 0) is 90.8 Å². The highest BCUT2D eigenvalue weighted by atomic mass is 14.5. The molecule has 210 valence electrons. The molecule has 0 saturated heterocycles. The second-order valence-corrected chi connectivity index (χ2v) is 13.0. The number of fused-ring (bicyclic) bond motifs is 10. The summed E-state index contributed by atoms with van der Waals surface area (Å²) < 4.78 is 0. The van der Waals surface area contributed by atoms with E-state index in [1.165, 1.54) is 83.3 Å². The minimum Gasteiger partial charge on any atom is -0.0980 e. The lowest BCUT2D eigenvalue weighted by Crippen LogP contribution is -2.49. The van der Waals surface area contributed by atoms with Crippen LogP contribution in [0.1, 0.15) is 52.8 Å². The van der Waals surface area contributed by atoms with E-state index in [0.29, 0.717) is 0 Å². The van der Waals surface area contributed by atoms with Gasteiger partial charge in [0.15, 0.2) is 0 Å². The van der Waals surface area contributed by atoms with Crippen molar-refractivity contribution in [2.24, 2.45) is 0 Å². The first-order chi connectivity index (χ1) is 21.4. The lowest BCUT2D eigenvalue weighted by Gasteiger charge is -2.31. The molecule has 1 unspecified atom stereocenters. The number of aryl methyl sites for hydroxylation is 3. The predicted octanol–water partition coefficient (Wildman–Crippen LogP) is 8.84. The van der Waals surface area contributed by atoms with Gasteiger partial charge in [-0.3, -0.25) is 0 Å². The van der Waals surface area contributed by atoms with E-state index in [-0.39, 0.29) is 17.9 Å². The molecule has 3 aliphatic carbocycles. The van der Waals surface area contributed by atoms with Gasteiger partial charge in [-0.15, -0.1) is 0 Å². The van der Waals surface area contributed by atoms with Crippen LogP contribution in [0.2, 0.25) is 5.82 Å². The molecule has 5 aromatic carbocycles. The van der Waals surface area contributed by atoms with Crippen molar-refractivity contribution in [3.63, 3.8) is 0 Å². The van der Waals surface area contributed by atoms with Crippen molar-refractivity contribution in [1.29, 1.82) is 0 Å². The van der Waals surface area contributed by atoms with E-state index in [4.69, 9.17) is 0 Å². The first-order valence-electron chi connectivity index (χ1n) is 15.8. The van der Waals surface area contributed by atoms with Crippen molar-refractivity contribution in [1.82, 2.24) is 0 Å². The third-order valence-electron chi connectivity index (χ3n) is 10.3. The Kier molecular flexibility index (Phi) is 6.01. The van der Waals surface area contributed by atoms with Crippen LogP contribution >= 0.6 is 0 Å². The Balaban J connectivity index is 1.49. The molecule has 3 aliphatic rings. The number of benzene rings is 5. The lowest BCUT2D eigenvalue weighted by molar-refractivity contribution is 0.794. The smallest absolute Gasteiger partial charge is 0.0980 e. The van der Waals surface area contributed by atoms with Gasteiger partial charge < -0.3 is 0 Å². The van der Waals surface area contributed by atoms with E-state index in [9.17, 15) is 0 Å². The Morgan fingerprint density at radius 2 is 1.16 bits per heavy atom. The Hall–Kier alpha value is -4.80. The minimum atomic E-state index is -0.352. The van der Waals surface area contributed by atoms with E-state index in [0.717, 1.165) is 0 Å². The predicted molar refractivity (Wildman–Crippen MR) is 187 cm³/mol. The van der Waals surface area contributed by atoms with Gasteiger partial charge in [0.25, 0.3) is 0 Å². The van der Waals surface area contributed by atoms with Gasteiger partial charge in [-0.25, -0.2) is 0 Å². The van der Waals surface area contributed by atoms with E-state index in [2.05, 4.69) is 162 Å². The van der Waals surface area contributed by atoms with Crippen molar-refractivity contribution in [3.05, 3.63) is 165 Å². The fourth-order valence-electron chi connectivity index (χ4n) is 8.81. The summed E-state index contributed by atoms with van der Waals surface area (Å²) >= 11 is 0. The quantitative estimate of drug-likeness (QED) is 0.149. The summed E-state index contributed by atoms with van der Waals surface area (Å²) in [5.41, 5.74) is 19.9. The zero-order valence-corrected chi connectivity index (χ0v) is 26.1. The molecule has 0 N–H and O–H groups in total. The van der Waals surface area contributed by atoms with Gasteiger partial charge in [-0.1, -0.05) is 154 Å². The van der Waals surface area contributed by atoms with Gasteiger partial charge in [-0.2, -0.15) is 0 Å². The molecule has 0 amide bonds. The van der Waals surface area contributed by atoms with Crippen LogP contribution in [-0.4, -0.2) is 6.71 Å². The van der Waals surface area contributed by atoms with Gasteiger partial charge in [0.1, 0.15) is 0 Å². The Morgan fingerprint density at radius 1 is 0.614 bits per heavy atom. The zero-order valence-electron chi connectivity index (χ0n) is 26.1. The Bertz CT molecular complexity index is 2080. The van der Waals surface area contributed by atoms with Gasteiger partial charge in [0.05, 0.1) is 5.41 Å². The van der Waals surface area contributed by atoms with Crippen molar-refractivity contribution in [2.45, 2.75) is 45.9 Å². The highest BCUT2D eigenvalue weighted by molar-refractivity contribution is 6.89. The summed E-state index contributed by atoms with van der Waals surface area (Å²) in [6.07, 6.45) is 4.40. The lowest BCUT2D eigenvalue weighted by atomic mass is 9.30. The molecule has 0 heterocycles. The molecule has 0 bridgehead atoms. The number of rotatable bonds is 3. The van der Waals surface area contributed by atoms with Crippen LogP contribution in [0.15, 0.2) is 126 Å². The summed E-state index contributed by atoms with van der Waals surface area (Å²) in [5.74, 6) is 7.24. The molecule has 8 rings (SSSR count). The number of hydrogen-bond donors (Lipinski definition) is 0. The summed E-state index contributed by atoms with van der Waals surface area (Å²) in [5, 5.41) is 0. The monoisotopic (exact) mass is 562 g/mol. The third kappa shape index (κ3) is 3.61. The Morgan fingerprint density at radius 3 is 1.80 bits per heavy atom. The van der Waals surface area contributed by atoms with Crippen LogP contribution in [0.5, 0.6) is 0 Å². The van der Waals surface area contributed by atoms with Crippen LogP contribution < -0.4 is 10.9 Å². The summed E-state index contributed by atoms with van der Waals surface area (Å²) in [7, 11) is 0. The molecule has 44 heavy (non-hydrogen) atoms. The maximum absolute atomic E-state index is 3.74. The topological polar surface area (TPSA) is 0 Å². The molecule has 0 aromatic heterocycles. The van der Waals surface area contributed by atoms with E-state index in [1.54, 1.807) is 0 Å². The van der Waals surface area contributed by atoms with Crippen molar-refractivity contribution in [2.75, 3.05) is 0 Å². The SMILES string of the molecule is CC1=CC#CC(B(c2cccc3c2-c2ccccc2C32c3ccccc3-c3ccccc32)c2c(C)cc(C)cc2C)C(C)=C1. The van der Waals surface area contributed by atoms with Gasteiger partial charge in [0.2, 0.25) is 6.71 Å². The maximum atomic E-state index is 3.74. The van der Waals surface area contributed by atoms with Crippen LogP contribution in [-0.2, 0) is 5.41 Å². The van der Waals surface area contributed by atoms with Crippen molar-refractivity contribution >= 4 is 17.6 Å². The van der Waals surface area contributed by atoms with Crippen molar-refractivity contribution < 1.29 is 0 Å². The Labute approximate surface area is 262 Å². The second kappa shape index (κ2) is 9.87. The van der Waals surface area contributed by atoms with Crippen LogP contribution in [0, 0.1) is 32.6 Å². The molecule has 1 spiro atoms. The maximum Gasteiger partial charge on any atom is 0.230 e. The molecule has 1 atom stereocenters. The normalized spacial score (nSPS) is 16.5. The molecular weight excluding hydrogens is 527 g/mol. The molecule has 0 fully saturated rings. The highest BCUT2D eigenvalue weighted by Crippen LogP contribution is 2.62. The van der Waals surface area contributed by atoms with Crippen molar-refractivity contribution in [3.8, 4) is 34.1 Å². The number of allylic oxidation sites excluding steroid dienone is 4. The minimum absolute atomic E-state index is 0.0576. The number of hydrogen-bond acceptors (Lipinski definition) is 0. The summed E-state index contributed by atoms with van der Waals surface area (Å²) in [4.78, 5) is 0. The average molecular weight is 563 g/mol. The molecule has 0 nitrogen and oxygen atoms in total. The third-order valence-corrected chi connectivity index (χ3v) is 10.3. The first-order valence-corrected chi connectivity index (χ1v) is 15.8. The van der Waals surface area contributed by atoms with Crippen LogP contribution in [0.25, 0.3) is 22.3 Å². The molecule has 1 heteroatoms. The van der Waals surface area contributed by atoms with E-state index >= 15 is 0 Å². The standard InChI is InChI=1S/C43H35B/c1-27-14-12-22-39(29(3)24-27)44(42-30(4)25-28(2)26-31(42)5)40-23-13-21-38-41(40)34-17-8-11-20-37(34)43(38)35-18-9-6-15-32(35)33-16-7-10-19-36(33)43/h6-11,13-21,23-26,39H,1-5H3. The van der Waals surface area contributed by atoms with E-state index < -0.39 is 0 Å². The van der Waals surface area contributed by atoms with Crippen LogP contribution in [0.3, 0.4) is 0 Å². The van der Waals surface area contributed by atoms with Gasteiger partial charge in [0, 0.05) is 5.82 Å². The fraction of sp³-hybridized carbons (Fsp3) is 0.163. The van der Waals surface area contributed by atoms with Crippen LogP contribution in [0.4, 0.5) is 0 Å². The summed E-state index contributed by atoms with van der Waals surface area (Å²) in [6.45, 7) is 11.3. The average Bonchev–Trinajstić information content (AvgIpc) is 3.42. The summed E-state index contributed by atoms with van der Waals surface area (Å²) in [6, 6.07) is 39.1. The zero-order chi connectivity index (χ0) is 30.2. The van der Waals surface area contributed by atoms with E-state index in [1.807, 2.05) is 0 Å². The highest BCUT2D eigenvalue weighted by Gasteiger charge is 2.52. The molecule has 5 aromatic rings. The first kappa shape index (κ1) is 26.8. The second-order valence-electron chi connectivity index (χ2n) is 13.0. The van der Waals surface area contributed by atoms with Gasteiger partial charge >= 0.3 is 0 Å². The molecular formula is C43H35B.